The van der Waals surface area contributed by atoms with Gasteiger partial charge in [0.25, 0.3) is 0 Å². The van der Waals surface area contributed by atoms with E-state index in [4.69, 9.17) is 9.47 Å². The van der Waals surface area contributed by atoms with Crippen molar-refractivity contribution in [3.8, 4) is 5.75 Å². The van der Waals surface area contributed by atoms with Gasteiger partial charge in [-0.1, -0.05) is 12.1 Å². The molecular weight excluding hydrogens is 282 g/mol. The summed E-state index contributed by atoms with van der Waals surface area (Å²) in [6.07, 6.45) is 0.942. The molecule has 6 heteroatoms. The molecule has 0 saturated carbocycles. The van der Waals surface area contributed by atoms with Gasteiger partial charge in [-0.15, -0.1) is 0 Å². The molecule has 0 radical (unpaired) electrons. The smallest absolute Gasteiger partial charge is 0.239 e. The number of carbonyl (C=O) groups excluding carboxylic acids is 1. The fourth-order valence-electron chi connectivity index (χ4n) is 3.02. The molecule has 2 N–H and O–H groups in total. The van der Waals surface area contributed by atoms with Crippen molar-refractivity contribution in [3.05, 3.63) is 24.3 Å². The van der Waals surface area contributed by atoms with Crippen LogP contribution in [0.1, 0.15) is 6.42 Å². The van der Waals surface area contributed by atoms with Gasteiger partial charge in [0.2, 0.25) is 5.91 Å². The average Bonchev–Trinajstić information content (AvgIpc) is 3.04. The Balaban J connectivity index is 1.57. The lowest BCUT2D eigenvalue weighted by molar-refractivity contribution is -0.126. The molecule has 1 aromatic rings. The number of anilines is 1. The molecule has 2 heterocycles. The van der Waals surface area contributed by atoms with Crippen LogP contribution < -0.4 is 20.3 Å². The molecule has 6 nitrogen and oxygen atoms in total. The van der Waals surface area contributed by atoms with Crippen LogP contribution in [0.15, 0.2) is 24.3 Å². The van der Waals surface area contributed by atoms with Gasteiger partial charge in [-0.2, -0.15) is 0 Å². The summed E-state index contributed by atoms with van der Waals surface area (Å²) in [6, 6.07) is 7.93. The predicted molar refractivity (Wildman–Crippen MR) is 84.4 cm³/mol. The third kappa shape index (κ3) is 3.34. The van der Waals surface area contributed by atoms with E-state index in [9.17, 15) is 4.79 Å². The summed E-state index contributed by atoms with van der Waals surface area (Å²) in [6.45, 7) is 3.58. The van der Waals surface area contributed by atoms with Gasteiger partial charge in [0.15, 0.2) is 0 Å². The molecule has 0 aromatic heterocycles. The largest absolute Gasteiger partial charge is 0.495 e. The van der Waals surface area contributed by atoms with Crippen LogP contribution >= 0.6 is 0 Å². The molecule has 120 valence electrons. The maximum Gasteiger partial charge on any atom is 0.239 e. The molecule has 1 amide bonds. The highest BCUT2D eigenvalue weighted by Gasteiger charge is 2.28. The van der Waals surface area contributed by atoms with Crippen LogP contribution in [0.2, 0.25) is 0 Å². The van der Waals surface area contributed by atoms with E-state index in [1.807, 2.05) is 18.2 Å². The molecule has 2 atom stereocenters. The normalized spacial score (nSPS) is 25.0. The molecule has 2 aliphatic heterocycles. The molecule has 2 fully saturated rings. The van der Waals surface area contributed by atoms with Crippen molar-refractivity contribution in [2.24, 2.45) is 0 Å². The zero-order valence-corrected chi connectivity index (χ0v) is 12.9. The number of nitrogens with zero attached hydrogens (tertiary/aromatic N) is 1. The molecular formula is C16H23N3O3. The van der Waals surface area contributed by atoms with Crippen LogP contribution in [-0.4, -0.2) is 57.9 Å². The Morgan fingerprint density at radius 1 is 1.45 bits per heavy atom. The standard InChI is InChI=1S/C16H23N3O3/c1-21-15-5-3-2-4-14(15)19-8-6-12(10-19)18-16(20)13-11-22-9-7-17-13/h2-5,12-13,17H,6-11H2,1H3,(H,18,20). The van der Waals surface area contributed by atoms with E-state index in [2.05, 4.69) is 21.6 Å². The number of rotatable bonds is 4. The molecule has 22 heavy (non-hydrogen) atoms. The van der Waals surface area contributed by atoms with Gasteiger partial charge in [0.1, 0.15) is 11.8 Å². The minimum absolute atomic E-state index is 0.0339. The van der Waals surface area contributed by atoms with Crippen LogP contribution in [0, 0.1) is 0 Å². The minimum atomic E-state index is -0.228. The van der Waals surface area contributed by atoms with Crippen LogP contribution in [0.25, 0.3) is 0 Å². The first kappa shape index (κ1) is 15.1. The number of ether oxygens (including phenoxy) is 2. The van der Waals surface area contributed by atoms with Crippen molar-refractivity contribution < 1.29 is 14.3 Å². The summed E-state index contributed by atoms with van der Waals surface area (Å²) in [5, 5.41) is 6.31. The fourth-order valence-corrected chi connectivity index (χ4v) is 3.02. The molecule has 0 spiro atoms. The van der Waals surface area contributed by atoms with Crippen molar-refractivity contribution in [2.45, 2.75) is 18.5 Å². The van der Waals surface area contributed by atoms with E-state index in [1.54, 1.807) is 7.11 Å². The maximum atomic E-state index is 12.2. The van der Waals surface area contributed by atoms with Gasteiger partial charge in [0, 0.05) is 25.7 Å². The zero-order valence-electron chi connectivity index (χ0n) is 12.9. The molecule has 2 saturated heterocycles. The van der Waals surface area contributed by atoms with E-state index in [0.717, 1.165) is 37.5 Å². The summed E-state index contributed by atoms with van der Waals surface area (Å²) < 4.78 is 10.8. The Morgan fingerprint density at radius 3 is 3.09 bits per heavy atom. The molecule has 0 bridgehead atoms. The molecule has 0 aliphatic carbocycles. The minimum Gasteiger partial charge on any atom is -0.495 e. The SMILES string of the molecule is COc1ccccc1N1CCC(NC(=O)C2COCCN2)C1. The Kier molecular flexibility index (Phi) is 4.80. The van der Waals surface area contributed by atoms with Gasteiger partial charge in [-0.05, 0) is 18.6 Å². The lowest BCUT2D eigenvalue weighted by atomic mass is 10.2. The first-order valence-electron chi connectivity index (χ1n) is 7.77. The summed E-state index contributed by atoms with van der Waals surface area (Å²) in [7, 11) is 1.68. The van der Waals surface area contributed by atoms with Crippen molar-refractivity contribution in [2.75, 3.05) is 44.9 Å². The number of hydrogen-bond acceptors (Lipinski definition) is 5. The number of hydrogen-bond donors (Lipinski definition) is 2. The Labute approximate surface area is 130 Å². The molecule has 1 aromatic carbocycles. The first-order valence-corrected chi connectivity index (χ1v) is 7.77. The summed E-state index contributed by atoms with van der Waals surface area (Å²) >= 11 is 0. The van der Waals surface area contributed by atoms with Gasteiger partial charge >= 0.3 is 0 Å². The van der Waals surface area contributed by atoms with E-state index in [-0.39, 0.29) is 18.0 Å². The summed E-state index contributed by atoms with van der Waals surface area (Å²) in [5.41, 5.74) is 1.08. The summed E-state index contributed by atoms with van der Waals surface area (Å²) in [5.74, 6) is 0.906. The van der Waals surface area contributed by atoms with Gasteiger partial charge in [0.05, 0.1) is 26.0 Å². The summed E-state index contributed by atoms with van der Waals surface area (Å²) in [4.78, 5) is 14.5. The lowest BCUT2D eigenvalue weighted by Crippen LogP contribution is -2.53. The molecule has 3 rings (SSSR count). The van der Waals surface area contributed by atoms with Gasteiger partial charge in [-0.25, -0.2) is 0 Å². The van der Waals surface area contributed by atoms with Crippen molar-refractivity contribution in [1.29, 1.82) is 0 Å². The van der Waals surface area contributed by atoms with Gasteiger partial charge < -0.3 is 25.0 Å². The Bertz CT molecular complexity index is 517. The Hall–Kier alpha value is -1.79. The van der Waals surface area contributed by atoms with Crippen LogP contribution in [-0.2, 0) is 9.53 Å². The van der Waals surface area contributed by atoms with Crippen LogP contribution in [0.5, 0.6) is 5.75 Å². The number of para-hydroxylation sites is 2. The monoisotopic (exact) mass is 305 g/mol. The van der Waals surface area contributed by atoms with Crippen LogP contribution in [0.3, 0.4) is 0 Å². The quantitative estimate of drug-likeness (QED) is 0.842. The first-order chi connectivity index (χ1) is 10.8. The second-order valence-corrected chi connectivity index (χ2v) is 5.69. The highest BCUT2D eigenvalue weighted by atomic mass is 16.5. The number of morpholine rings is 1. The van der Waals surface area contributed by atoms with Crippen molar-refractivity contribution in [3.63, 3.8) is 0 Å². The topological polar surface area (TPSA) is 62.8 Å². The van der Waals surface area contributed by atoms with Crippen molar-refractivity contribution in [1.82, 2.24) is 10.6 Å². The molecule has 2 aliphatic rings. The van der Waals surface area contributed by atoms with Gasteiger partial charge in [-0.3, -0.25) is 4.79 Å². The lowest BCUT2D eigenvalue weighted by Gasteiger charge is -2.25. The predicted octanol–water partition coefficient (Wildman–Crippen LogP) is 0.379. The zero-order chi connectivity index (χ0) is 15.4. The average molecular weight is 305 g/mol. The van der Waals surface area contributed by atoms with E-state index < -0.39 is 0 Å². The number of benzene rings is 1. The van der Waals surface area contributed by atoms with E-state index in [0.29, 0.717) is 13.2 Å². The third-order valence-electron chi connectivity index (χ3n) is 4.20. The number of amides is 1. The highest BCUT2D eigenvalue weighted by molar-refractivity contribution is 5.82. The molecule has 2 unspecified atom stereocenters. The van der Waals surface area contributed by atoms with E-state index >= 15 is 0 Å². The second-order valence-electron chi connectivity index (χ2n) is 5.69. The number of methoxy groups -OCH3 is 1. The van der Waals surface area contributed by atoms with Crippen molar-refractivity contribution >= 4 is 11.6 Å². The van der Waals surface area contributed by atoms with E-state index in [1.165, 1.54) is 0 Å². The number of carbonyl (C=O) groups is 1. The second kappa shape index (κ2) is 6.98. The third-order valence-corrected chi connectivity index (χ3v) is 4.20. The van der Waals surface area contributed by atoms with Crippen LogP contribution in [0.4, 0.5) is 5.69 Å². The number of nitrogens with one attached hydrogen (secondary N) is 2. The highest BCUT2D eigenvalue weighted by Crippen LogP contribution is 2.30. The fraction of sp³-hybridized carbons (Fsp3) is 0.562. The maximum absolute atomic E-state index is 12.2. The Morgan fingerprint density at radius 2 is 2.32 bits per heavy atom.